The van der Waals surface area contributed by atoms with E-state index in [-0.39, 0.29) is 16.2 Å². The lowest BCUT2D eigenvalue weighted by atomic mass is 9.84. The Morgan fingerprint density at radius 1 is 0.875 bits per heavy atom. The molecular weight excluding hydrogens is 332 g/mol. The summed E-state index contributed by atoms with van der Waals surface area (Å²) < 4.78 is 13.7. The molecule has 0 aliphatic heterocycles. The molecule has 0 aromatic heterocycles. The highest BCUT2D eigenvalue weighted by atomic mass is 28.4. The first kappa shape index (κ1) is 22.4. The molecule has 1 rings (SSSR count). The van der Waals surface area contributed by atoms with Gasteiger partial charge in [-0.05, 0) is 55.0 Å². The van der Waals surface area contributed by atoms with E-state index in [2.05, 4.69) is 74.7 Å². The van der Waals surface area contributed by atoms with Crippen molar-refractivity contribution in [3.8, 4) is 0 Å². The Morgan fingerprint density at radius 3 is 1.54 bits per heavy atom. The molecule has 1 fully saturated rings. The number of aliphatic hydroxyl groups excluding tert-OH is 1. The lowest BCUT2D eigenvalue weighted by molar-refractivity contribution is -0.185. The SMILES string of the molecule is CC1CCC(O[Si](C)(C)C(C)(C)C)(O[Si](C)(C)C(C)(C)C)CC1O. The van der Waals surface area contributed by atoms with Crippen molar-refractivity contribution in [1.82, 2.24) is 0 Å². The second kappa shape index (κ2) is 6.80. The van der Waals surface area contributed by atoms with E-state index in [4.69, 9.17) is 8.85 Å². The topological polar surface area (TPSA) is 38.7 Å². The van der Waals surface area contributed by atoms with Crippen molar-refractivity contribution in [2.45, 2.75) is 116 Å². The molecule has 0 spiro atoms. The molecule has 0 saturated heterocycles. The van der Waals surface area contributed by atoms with Crippen LogP contribution >= 0.6 is 0 Å². The third kappa shape index (κ3) is 4.94. The van der Waals surface area contributed by atoms with Crippen LogP contribution < -0.4 is 0 Å². The molecule has 0 amide bonds. The Hall–Kier alpha value is 0.314. The minimum atomic E-state index is -1.99. The van der Waals surface area contributed by atoms with E-state index in [0.29, 0.717) is 12.3 Å². The zero-order chi connectivity index (χ0) is 19.2. The molecule has 144 valence electrons. The Bertz CT molecular complexity index is 405. The highest BCUT2D eigenvalue weighted by Crippen LogP contribution is 2.48. The van der Waals surface area contributed by atoms with Gasteiger partial charge >= 0.3 is 0 Å². The Labute approximate surface area is 152 Å². The van der Waals surface area contributed by atoms with Crippen LogP contribution in [0.2, 0.25) is 36.3 Å². The van der Waals surface area contributed by atoms with E-state index < -0.39 is 22.4 Å². The van der Waals surface area contributed by atoms with Gasteiger partial charge in [0.15, 0.2) is 22.4 Å². The van der Waals surface area contributed by atoms with Crippen LogP contribution in [0.5, 0.6) is 0 Å². The zero-order valence-corrected chi connectivity index (χ0v) is 20.0. The largest absolute Gasteiger partial charge is 0.393 e. The minimum absolute atomic E-state index is 0.130. The molecule has 0 aromatic carbocycles. The summed E-state index contributed by atoms with van der Waals surface area (Å²) in [5.41, 5.74) is 0. The van der Waals surface area contributed by atoms with Crippen molar-refractivity contribution in [1.29, 1.82) is 0 Å². The van der Waals surface area contributed by atoms with Crippen LogP contribution in [-0.2, 0) is 8.85 Å². The van der Waals surface area contributed by atoms with Gasteiger partial charge in [-0.1, -0.05) is 48.5 Å². The highest BCUT2D eigenvalue weighted by Gasteiger charge is 2.52. The summed E-state index contributed by atoms with van der Waals surface area (Å²) in [5.74, 6) is -0.290. The lowest BCUT2D eigenvalue weighted by Gasteiger charge is -2.53. The van der Waals surface area contributed by atoms with E-state index >= 15 is 0 Å². The van der Waals surface area contributed by atoms with Crippen molar-refractivity contribution < 1.29 is 14.0 Å². The maximum atomic E-state index is 10.6. The molecule has 2 atom stereocenters. The van der Waals surface area contributed by atoms with Crippen molar-refractivity contribution in [2.75, 3.05) is 0 Å². The molecule has 0 bridgehead atoms. The smallest absolute Gasteiger partial charge is 0.195 e. The summed E-state index contributed by atoms with van der Waals surface area (Å²) in [6, 6.07) is 0. The summed E-state index contributed by atoms with van der Waals surface area (Å²) in [7, 11) is -3.98. The van der Waals surface area contributed by atoms with E-state index in [1.165, 1.54) is 0 Å². The van der Waals surface area contributed by atoms with Crippen molar-refractivity contribution >= 4 is 16.6 Å². The van der Waals surface area contributed by atoms with Crippen LogP contribution in [0.1, 0.15) is 67.7 Å². The fourth-order valence-electron chi connectivity index (χ4n) is 2.70. The number of aliphatic hydroxyl groups is 1. The van der Waals surface area contributed by atoms with Gasteiger partial charge < -0.3 is 14.0 Å². The van der Waals surface area contributed by atoms with Gasteiger partial charge in [0.25, 0.3) is 0 Å². The quantitative estimate of drug-likeness (QED) is 0.491. The van der Waals surface area contributed by atoms with E-state index in [9.17, 15) is 5.11 Å². The van der Waals surface area contributed by atoms with Crippen LogP contribution in [-0.4, -0.2) is 33.6 Å². The first-order valence-electron chi connectivity index (χ1n) is 9.51. The van der Waals surface area contributed by atoms with Gasteiger partial charge in [0.1, 0.15) is 0 Å². The Kier molecular flexibility index (Phi) is 6.33. The fraction of sp³-hybridized carbons (Fsp3) is 1.00. The minimum Gasteiger partial charge on any atom is -0.393 e. The number of hydrogen-bond acceptors (Lipinski definition) is 3. The molecule has 3 nitrogen and oxygen atoms in total. The molecule has 0 heterocycles. The number of rotatable bonds is 4. The average Bonchev–Trinajstić information content (AvgIpc) is 2.30. The van der Waals surface area contributed by atoms with Crippen LogP contribution in [0.15, 0.2) is 0 Å². The van der Waals surface area contributed by atoms with Gasteiger partial charge in [0.05, 0.1) is 6.10 Å². The van der Waals surface area contributed by atoms with Crippen LogP contribution in [0, 0.1) is 5.92 Å². The average molecular weight is 375 g/mol. The summed E-state index contributed by atoms with van der Waals surface area (Å²) >= 11 is 0. The Balaban J connectivity index is 3.19. The standard InChI is InChI=1S/C19H42O3Si2/c1-15-12-13-19(14-16(15)20,21-23(8,9)17(2,3)4)22-24(10,11)18(5,6)7/h15-16,20H,12-14H2,1-11H3. The second-order valence-electron chi connectivity index (χ2n) is 10.9. The van der Waals surface area contributed by atoms with Crippen molar-refractivity contribution in [3.05, 3.63) is 0 Å². The van der Waals surface area contributed by atoms with Crippen molar-refractivity contribution in [3.63, 3.8) is 0 Å². The summed E-state index contributed by atoms with van der Waals surface area (Å²) in [4.78, 5) is 0. The monoisotopic (exact) mass is 374 g/mol. The van der Waals surface area contributed by atoms with Gasteiger partial charge in [0, 0.05) is 6.42 Å². The van der Waals surface area contributed by atoms with Crippen LogP contribution in [0.4, 0.5) is 0 Å². The predicted octanol–water partition coefficient (Wildman–Crippen LogP) is 5.91. The van der Waals surface area contributed by atoms with Crippen molar-refractivity contribution in [2.24, 2.45) is 5.92 Å². The summed E-state index contributed by atoms with van der Waals surface area (Å²) in [5, 5.41) is 10.8. The molecular formula is C19H42O3Si2. The zero-order valence-electron chi connectivity index (χ0n) is 18.0. The van der Waals surface area contributed by atoms with E-state index in [0.717, 1.165) is 12.8 Å². The van der Waals surface area contributed by atoms with Crippen LogP contribution in [0.3, 0.4) is 0 Å². The summed E-state index contributed by atoms with van der Waals surface area (Å²) in [6.45, 7) is 24.9. The summed E-state index contributed by atoms with van der Waals surface area (Å²) in [6.07, 6.45) is 2.12. The van der Waals surface area contributed by atoms with Crippen LogP contribution in [0.25, 0.3) is 0 Å². The molecule has 1 saturated carbocycles. The first-order valence-corrected chi connectivity index (χ1v) is 15.3. The molecule has 1 aliphatic carbocycles. The molecule has 1 N–H and O–H groups in total. The van der Waals surface area contributed by atoms with Gasteiger partial charge in [-0.25, -0.2) is 0 Å². The first-order chi connectivity index (χ1) is 10.4. The molecule has 2 unspecified atom stereocenters. The Morgan fingerprint density at radius 2 is 1.25 bits per heavy atom. The third-order valence-electron chi connectivity index (χ3n) is 6.65. The van der Waals surface area contributed by atoms with Gasteiger partial charge in [0.2, 0.25) is 0 Å². The predicted molar refractivity (Wildman–Crippen MR) is 108 cm³/mol. The third-order valence-corrected chi connectivity index (χ3v) is 15.6. The van der Waals surface area contributed by atoms with E-state index in [1.54, 1.807) is 0 Å². The second-order valence-corrected chi connectivity index (χ2v) is 20.4. The fourth-order valence-corrected chi connectivity index (χ4v) is 5.71. The normalized spacial score (nSPS) is 26.5. The van der Waals surface area contributed by atoms with Gasteiger partial charge in [-0.3, -0.25) is 0 Å². The van der Waals surface area contributed by atoms with Gasteiger partial charge in [-0.15, -0.1) is 0 Å². The lowest BCUT2D eigenvalue weighted by Crippen LogP contribution is -2.59. The molecule has 0 aromatic rings. The van der Waals surface area contributed by atoms with E-state index in [1.807, 2.05) is 0 Å². The maximum Gasteiger partial charge on any atom is 0.195 e. The number of hydrogen-bond donors (Lipinski definition) is 1. The molecule has 1 aliphatic rings. The molecule has 24 heavy (non-hydrogen) atoms. The molecule has 5 heteroatoms. The highest BCUT2D eigenvalue weighted by molar-refractivity contribution is 6.75. The van der Waals surface area contributed by atoms with Gasteiger partial charge in [-0.2, -0.15) is 0 Å². The molecule has 0 radical (unpaired) electrons. The maximum absolute atomic E-state index is 10.6.